The molecule has 1 unspecified atom stereocenters. The predicted molar refractivity (Wildman–Crippen MR) is 140 cm³/mol. The van der Waals surface area contributed by atoms with E-state index in [9.17, 15) is 13.2 Å². The van der Waals surface area contributed by atoms with Gasteiger partial charge >= 0.3 is 0 Å². The van der Waals surface area contributed by atoms with Gasteiger partial charge in [-0.1, -0.05) is 30.3 Å². The zero-order valence-corrected chi connectivity index (χ0v) is 22.8. The third-order valence-electron chi connectivity index (χ3n) is 7.00. The molecule has 4 rings (SSSR count). The van der Waals surface area contributed by atoms with Gasteiger partial charge in [0, 0.05) is 32.3 Å². The maximum Gasteiger partial charge on any atom is 0.249 e. The summed E-state index contributed by atoms with van der Waals surface area (Å²) < 4.78 is 39.0. The van der Waals surface area contributed by atoms with Gasteiger partial charge in [0.25, 0.3) is 0 Å². The molecule has 1 atom stereocenters. The Morgan fingerprint density at radius 2 is 1.92 bits per heavy atom. The van der Waals surface area contributed by atoms with E-state index in [0.717, 1.165) is 22.5 Å². The van der Waals surface area contributed by atoms with Crippen LogP contribution in [0.25, 0.3) is 0 Å². The number of hydrogen-bond donors (Lipinski definition) is 1. The Bertz CT molecular complexity index is 1370. The highest BCUT2D eigenvalue weighted by atomic mass is 32.2. The lowest BCUT2D eigenvalue weighted by Gasteiger charge is -2.35. The number of hydrogen-bond acceptors (Lipinski definition) is 6. The minimum Gasteiger partial charge on any atom is -0.496 e. The van der Waals surface area contributed by atoms with Gasteiger partial charge in [-0.2, -0.15) is 4.31 Å². The zero-order chi connectivity index (χ0) is 26.7. The predicted octanol–water partition coefficient (Wildman–Crippen LogP) is 3.15. The monoisotopic (exact) mass is 526 g/mol. The van der Waals surface area contributed by atoms with Crippen molar-refractivity contribution in [3.63, 3.8) is 0 Å². The maximum atomic E-state index is 13.3. The Hall–Kier alpha value is -3.21. The number of aromatic nitrogens is 2. The average molecular weight is 527 g/mol. The molecule has 9 nitrogen and oxygen atoms in total. The first-order valence-electron chi connectivity index (χ1n) is 12.2. The van der Waals surface area contributed by atoms with E-state index in [2.05, 4.69) is 9.97 Å². The molecule has 0 spiro atoms. The number of sulfonamides is 1. The molecule has 0 aliphatic carbocycles. The van der Waals surface area contributed by atoms with Crippen LogP contribution in [-0.2, 0) is 26.0 Å². The normalized spacial score (nSPS) is 15.6. The summed E-state index contributed by atoms with van der Waals surface area (Å²) in [6.07, 6.45) is 2.35. The number of likely N-dealkylation sites (N-methyl/N-ethyl adjacent to an activating group) is 1. The highest BCUT2D eigenvalue weighted by Crippen LogP contribution is 2.34. The van der Waals surface area contributed by atoms with Crippen LogP contribution in [0.5, 0.6) is 5.75 Å². The molecule has 0 fully saturated rings. The van der Waals surface area contributed by atoms with E-state index < -0.39 is 10.0 Å². The van der Waals surface area contributed by atoms with E-state index in [4.69, 9.17) is 9.47 Å². The van der Waals surface area contributed by atoms with Crippen molar-refractivity contribution in [1.29, 1.82) is 0 Å². The molecule has 0 bridgehead atoms. The van der Waals surface area contributed by atoms with Crippen molar-refractivity contribution in [2.24, 2.45) is 0 Å². The van der Waals surface area contributed by atoms with Crippen molar-refractivity contribution >= 4 is 15.9 Å². The van der Waals surface area contributed by atoms with Crippen LogP contribution in [0.4, 0.5) is 0 Å². The lowest BCUT2D eigenvalue weighted by molar-refractivity contribution is -0.138. The molecule has 37 heavy (non-hydrogen) atoms. The van der Waals surface area contributed by atoms with Crippen molar-refractivity contribution in [2.75, 3.05) is 40.5 Å². The summed E-state index contributed by atoms with van der Waals surface area (Å²) >= 11 is 0. The van der Waals surface area contributed by atoms with E-state index in [-0.39, 0.29) is 36.6 Å². The Morgan fingerprint density at radius 3 is 2.62 bits per heavy atom. The Labute approximate surface area is 218 Å². The molecule has 0 saturated carbocycles. The van der Waals surface area contributed by atoms with E-state index in [1.54, 1.807) is 38.3 Å². The van der Waals surface area contributed by atoms with Crippen molar-refractivity contribution in [1.82, 2.24) is 19.2 Å². The van der Waals surface area contributed by atoms with Gasteiger partial charge in [0.2, 0.25) is 15.9 Å². The topological polar surface area (TPSA) is 105 Å². The van der Waals surface area contributed by atoms with Crippen LogP contribution in [0.3, 0.4) is 0 Å². The molecule has 1 aliphatic heterocycles. The summed E-state index contributed by atoms with van der Waals surface area (Å²) in [5.74, 6) is 0.498. The second-order valence-electron chi connectivity index (χ2n) is 9.27. The number of nitrogens with zero attached hydrogens (tertiary/aromatic N) is 3. The number of rotatable bonds is 9. The molecule has 1 aromatic heterocycles. The SMILES string of the molecule is COc1cc(C)c(S(=O)(=O)N(C)CCOCC(=O)N2CCc3[nH]cnc3C2c2ccccc2)c(C)c1C. The first kappa shape index (κ1) is 26.8. The van der Waals surface area contributed by atoms with Crippen molar-refractivity contribution in [2.45, 2.75) is 38.1 Å². The molecule has 0 radical (unpaired) electrons. The quantitative estimate of drug-likeness (QED) is 0.430. The van der Waals surface area contributed by atoms with Gasteiger partial charge in [-0.25, -0.2) is 13.4 Å². The van der Waals surface area contributed by atoms with Crippen molar-refractivity contribution in [3.05, 3.63) is 76.4 Å². The molecule has 1 aliphatic rings. The summed E-state index contributed by atoms with van der Waals surface area (Å²) in [6.45, 7) is 6.00. The van der Waals surface area contributed by atoms with Crippen LogP contribution < -0.4 is 4.74 Å². The third-order valence-corrected chi connectivity index (χ3v) is 9.15. The summed E-state index contributed by atoms with van der Waals surface area (Å²) in [5.41, 5.74) is 4.93. The van der Waals surface area contributed by atoms with Gasteiger partial charge in [-0.3, -0.25) is 4.79 Å². The van der Waals surface area contributed by atoms with Crippen molar-refractivity contribution in [3.8, 4) is 5.75 Å². The van der Waals surface area contributed by atoms with Crippen LogP contribution in [0, 0.1) is 20.8 Å². The number of H-pyrrole nitrogens is 1. The first-order chi connectivity index (χ1) is 17.7. The fourth-order valence-corrected chi connectivity index (χ4v) is 6.49. The van der Waals surface area contributed by atoms with Crippen LogP contribution in [0.15, 0.2) is 47.6 Å². The minimum atomic E-state index is -3.75. The van der Waals surface area contributed by atoms with Gasteiger partial charge in [0.1, 0.15) is 18.4 Å². The average Bonchev–Trinajstić information content (AvgIpc) is 3.37. The molecule has 198 valence electrons. The lowest BCUT2D eigenvalue weighted by Crippen LogP contribution is -2.42. The number of imidazole rings is 1. The van der Waals surface area contributed by atoms with E-state index in [1.165, 1.54) is 11.4 Å². The zero-order valence-electron chi connectivity index (χ0n) is 21.9. The molecule has 2 aromatic carbocycles. The first-order valence-corrected chi connectivity index (χ1v) is 13.7. The number of methoxy groups -OCH3 is 1. The van der Waals surface area contributed by atoms with E-state index >= 15 is 0 Å². The number of aromatic amines is 1. The number of amides is 1. The fourth-order valence-electron chi connectivity index (χ4n) is 4.86. The number of ether oxygens (including phenoxy) is 2. The Balaban J connectivity index is 1.40. The standard InChI is InChI=1S/C27H34N4O5S/c1-18-15-23(35-5)19(2)20(3)27(18)37(33,34)30(4)13-14-36-16-24(32)31-12-11-22-25(29-17-28-22)26(31)21-9-7-6-8-10-21/h6-10,15,17,26H,11-14,16H2,1-5H3,(H,28,29). The highest BCUT2D eigenvalue weighted by molar-refractivity contribution is 7.89. The van der Waals surface area contributed by atoms with Crippen LogP contribution in [-0.4, -0.2) is 74.0 Å². The number of carbonyl (C=O) groups excluding carboxylic acids is 1. The molecule has 1 N–H and O–H groups in total. The Morgan fingerprint density at radius 1 is 1.19 bits per heavy atom. The Kier molecular flexibility index (Phi) is 8.01. The summed E-state index contributed by atoms with van der Waals surface area (Å²) in [7, 11) is -0.659. The van der Waals surface area contributed by atoms with Gasteiger partial charge in [0.15, 0.2) is 0 Å². The lowest BCUT2D eigenvalue weighted by atomic mass is 9.95. The van der Waals surface area contributed by atoms with E-state index in [1.807, 2.05) is 37.3 Å². The highest BCUT2D eigenvalue weighted by Gasteiger charge is 2.34. The molecule has 1 amide bonds. The van der Waals surface area contributed by atoms with E-state index in [0.29, 0.717) is 29.8 Å². The van der Waals surface area contributed by atoms with Gasteiger partial charge in [-0.05, 0) is 49.1 Å². The number of carbonyl (C=O) groups is 1. The van der Waals surface area contributed by atoms with Gasteiger partial charge in [-0.15, -0.1) is 0 Å². The summed E-state index contributed by atoms with van der Waals surface area (Å²) in [4.78, 5) is 22.9. The molecule has 10 heteroatoms. The third kappa shape index (κ3) is 5.27. The number of benzene rings is 2. The summed E-state index contributed by atoms with van der Waals surface area (Å²) in [6, 6.07) is 11.2. The maximum absolute atomic E-state index is 13.3. The number of fused-ring (bicyclic) bond motifs is 1. The number of aryl methyl sites for hydroxylation is 1. The largest absolute Gasteiger partial charge is 0.496 e. The molecule has 3 aromatic rings. The molecular formula is C27H34N4O5S. The van der Waals surface area contributed by atoms with Gasteiger partial charge in [0.05, 0.1) is 30.6 Å². The minimum absolute atomic E-state index is 0.0895. The number of nitrogens with one attached hydrogen (secondary N) is 1. The van der Waals surface area contributed by atoms with Gasteiger partial charge < -0.3 is 19.4 Å². The second kappa shape index (κ2) is 11.0. The smallest absolute Gasteiger partial charge is 0.249 e. The molecule has 2 heterocycles. The summed E-state index contributed by atoms with van der Waals surface area (Å²) in [5, 5.41) is 0. The second-order valence-corrected chi connectivity index (χ2v) is 11.3. The van der Waals surface area contributed by atoms with Crippen LogP contribution >= 0.6 is 0 Å². The van der Waals surface area contributed by atoms with Crippen molar-refractivity contribution < 1.29 is 22.7 Å². The molecular weight excluding hydrogens is 492 g/mol. The fraction of sp³-hybridized carbons (Fsp3) is 0.407. The molecule has 0 saturated heterocycles. The van der Waals surface area contributed by atoms with Crippen LogP contribution in [0.1, 0.15) is 39.7 Å². The van der Waals surface area contributed by atoms with Crippen LogP contribution in [0.2, 0.25) is 0 Å².